The lowest BCUT2D eigenvalue weighted by atomic mass is 10.1. The quantitative estimate of drug-likeness (QED) is 0.283. The van der Waals surface area contributed by atoms with Crippen LogP contribution < -0.4 is 0 Å². The molecule has 1 aromatic heterocycles. The summed E-state index contributed by atoms with van der Waals surface area (Å²) in [6.45, 7) is 3.38. The first-order valence-corrected chi connectivity index (χ1v) is 12.4. The van der Waals surface area contributed by atoms with E-state index in [1.165, 1.54) is 23.3 Å². The molecule has 2 atom stereocenters. The van der Waals surface area contributed by atoms with Crippen LogP contribution in [0.25, 0.3) is 11.1 Å². The molecular weight excluding hydrogens is 443 g/mol. The number of benzene rings is 3. The van der Waals surface area contributed by atoms with Crippen molar-refractivity contribution in [3.8, 4) is 11.1 Å². The van der Waals surface area contributed by atoms with Gasteiger partial charge in [0.2, 0.25) is 0 Å². The van der Waals surface area contributed by atoms with Crippen LogP contribution in [-0.4, -0.2) is 35.7 Å². The Bertz CT molecular complexity index is 1190. The number of aromatic nitrogens is 1. The van der Waals surface area contributed by atoms with Crippen molar-refractivity contribution >= 4 is 11.8 Å². The Morgan fingerprint density at radius 1 is 0.912 bits per heavy atom. The van der Waals surface area contributed by atoms with Crippen LogP contribution in [0.2, 0.25) is 0 Å². The lowest BCUT2D eigenvalue weighted by Crippen LogP contribution is -2.44. The predicted octanol–water partition coefficient (Wildman–Crippen LogP) is 6.62. The minimum atomic E-state index is -0.238. The van der Waals surface area contributed by atoms with Gasteiger partial charge in [0.1, 0.15) is 10.8 Å². The van der Waals surface area contributed by atoms with E-state index in [1.54, 1.807) is 11.8 Å². The van der Waals surface area contributed by atoms with Crippen LogP contribution in [0, 0.1) is 5.82 Å². The second-order valence-electron chi connectivity index (χ2n) is 8.44. The molecule has 4 aromatic rings. The molecule has 1 saturated heterocycles. The van der Waals surface area contributed by atoms with Gasteiger partial charge in [0.25, 0.3) is 0 Å². The molecule has 0 N–H and O–H groups in total. The van der Waals surface area contributed by atoms with Crippen molar-refractivity contribution in [1.29, 1.82) is 0 Å². The molecule has 0 bridgehead atoms. The summed E-state index contributed by atoms with van der Waals surface area (Å²) in [5, 5.41) is 1.00. The average molecular weight is 471 g/mol. The number of thioether (sulfide) groups is 1. The molecule has 172 valence electrons. The summed E-state index contributed by atoms with van der Waals surface area (Å²) in [7, 11) is 0. The molecule has 0 amide bonds. The van der Waals surface area contributed by atoms with Gasteiger partial charge >= 0.3 is 0 Å². The Labute approximate surface area is 204 Å². The average Bonchev–Trinajstić information content (AvgIpc) is 2.89. The number of pyridine rings is 1. The van der Waals surface area contributed by atoms with Crippen LogP contribution in [0.1, 0.15) is 16.4 Å². The summed E-state index contributed by atoms with van der Waals surface area (Å²) >= 11 is 1.73. The van der Waals surface area contributed by atoms with E-state index in [9.17, 15) is 4.39 Å². The van der Waals surface area contributed by atoms with E-state index in [0.29, 0.717) is 6.61 Å². The Hall–Kier alpha value is -2.99. The highest BCUT2D eigenvalue weighted by Crippen LogP contribution is 2.42. The van der Waals surface area contributed by atoms with E-state index >= 15 is 0 Å². The maximum atomic E-state index is 13.5. The minimum Gasteiger partial charge on any atom is -0.374 e. The van der Waals surface area contributed by atoms with Crippen LogP contribution in [0.4, 0.5) is 4.39 Å². The molecular formula is C29H27FN2OS. The third kappa shape index (κ3) is 5.55. The largest absolute Gasteiger partial charge is 0.374 e. The van der Waals surface area contributed by atoms with Gasteiger partial charge in [0, 0.05) is 31.4 Å². The van der Waals surface area contributed by atoms with E-state index in [2.05, 4.69) is 59.5 Å². The summed E-state index contributed by atoms with van der Waals surface area (Å²) in [6, 6.07) is 31.7. The highest BCUT2D eigenvalue weighted by Gasteiger charge is 2.31. The van der Waals surface area contributed by atoms with Crippen molar-refractivity contribution in [2.45, 2.75) is 22.9 Å². The Morgan fingerprint density at radius 3 is 2.41 bits per heavy atom. The lowest BCUT2D eigenvalue weighted by Gasteiger charge is -2.37. The molecule has 3 nitrogen and oxygen atoms in total. The number of hydrogen-bond acceptors (Lipinski definition) is 4. The highest BCUT2D eigenvalue weighted by molar-refractivity contribution is 7.99. The topological polar surface area (TPSA) is 25.4 Å². The summed E-state index contributed by atoms with van der Waals surface area (Å²) in [4.78, 5) is 7.20. The van der Waals surface area contributed by atoms with Crippen LogP contribution in [-0.2, 0) is 11.3 Å². The molecule has 0 saturated carbocycles. The van der Waals surface area contributed by atoms with Crippen LogP contribution in [0.5, 0.6) is 0 Å². The number of rotatable bonds is 7. The van der Waals surface area contributed by atoms with Crippen molar-refractivity contribution in [2.24, 2.45) is 0 Å². The van der Waals surface area contributed by atoms with Crippen molar-refractivity contribution in [3.63, 3.8) is 0 Å². The smallest absolute Gasteiger partial charge is 0.123 e. The second-order valence-corrected chi connectivity index (χ2v) is 9.57. The van der Waals surface area contributed by atoms with E-state index in [4.69, 9.17) is 9.72 Å². The third-order valence-corrected chi connectivity index (χ3v) is 7.44. The fourth-order valence-electron chi connectivity index (χ4n) is 4.36. The highest BCUT2D eigenvalue weighted by atomic mass is 32.2. The predicted molar refractivity (Wildman–Crippen MR) is 136 cm³/mol. The maximum absolute atomic E-state index is 13.5. The normalized spacial score (nSPS) is 17.4. The number of nitrogens with zero attached hydrogens (tertiary/aromatic N) is 2. The van der Waals surface area contributed by atoms with Crippen LogP contribution in [0.3, 0.4) is 0 Å². The molecule has 1 fully saturated rings. The van der Waals surface area contributed by atoms with Crippen LogP contribution >= 0.6 is 11.8 Å². The number of ether oxygens (including phenoxy) is 1. The van der Waals surface area contributed by atoms with Gasteiger partial charge in [0.15, 0.2) is 0 Å². The molecule has 5 heteroatoms. The minimum absolute atomic E-state index is 0.0212. The van der Waals surface area contributed by atoms with Crippen molar-refractivity contribution in [3.05, 3.63) is 120 Å². The van der Waals surface area contributed by atoms with Gasteiger partial charge in [-0.25, -0.2) is 9.37 Å². The van der Waals surface area contributed by atoms with E-state index in [-0.39, 0.29) is 17.2 Å². The number of hydrogen-bond donors (Lipinski definition) is 0. The van der Waals surface area contributed by atoms with E-state index < -0.39 is 0 Å². The summed E-state index contributed by atoms with van der Waals surface area (Å²) in [5.41, 5.74) is 4.50. The van der Waals surface area contributed by atoms with E-state index in [1.807, 2.05) is 36.5 Å². The molecule has 5 rings (SSSR count). The Balaban J connectivity index is 1.42. The zero-order valence-electron chi connectivity index (χ0n) is 18.9. The van der Waals surface area contributed by atoms with Crippen molar-refractivity contribution in [2.75, 3.05) is 19.7 Å². The van der Waals surface area contributed by atoms with Gasteiger partial charge in [-0.05, 0) is 34.9 Å². The van der Waals surface area contributed by atoms with Crippen molar-refractivity contribution < 1.29 is 9.13 Å². The first kappa shape index (κ1) is 22.8. The molecule has 1 aliphatic rings. The Kier molecular flexibility index (Phi) is 7.34. The molecule has 2 unspecified atom stereocenters. The second kappa shape index (κ2) is 11.0. The first-order valence-electron chi connectivity index (χ1n) is 11.6. The molecule has 34 heavy (non-hydrogen) atoms. The maximum Gasteiger partial charge on any atom is 0.123 e. The standard InChI is InChI=1S/C29H27FN2OS/c30-25-15-13-23(14-16-25)26-12-7-17-31-29(26)34-28(24-10-5-2-6-11-24)27-21-32(18-19-33-27)20-22-8-3-1-4-9-22/h1-17,27-28H,18-21H2. The van der Waals surface area contributed by atoms with Gasteiger partial charge in [-0.15, -0.1) is 0 Å². The van der Waals surface area contributed by atoms with Gasteiger partial charge in [-0.2, -0.15) is 0 Å². The molecule has 0 radical (unpaired) electrons. The molecule has 0 spiro atoms. The summed E-state index contributed by atoms with van der Waals surface area (Å²) < 4.78 is 19.9. The van der Waals surface area contributed by atoms with Gasteiger partial charge < -0.3 is 4.74 Å². The van der Waals surface area contributed by atoms with Crippen molar-refractivity contribution in [1.82, 2.24) is 9.88 Å². The molecule has 0 aliphatic carbocycles. The molecule has 2 heterocycles. The zero-order chi connectivity index (χ0) is 23.2. The SMILES string of the molecule is Fc1ccc(-c2cccnc2SC(c2ccccc2)C2CN(Cc3ccccc3)CCO2)cc1. The zero-order valence-corrected chi connectivity index (χ0v) is 19.7. The monoisotopic (exact) mass is 470 g/mol. The Morgan fingerprint density at radius 2 is 1.65 bits per heavy atom. The van der Waals surface area contributed by atoms with Gasteiger partial charge in [-0.3, -0.25) is 4.90 Å². The van der Waals surface area contributed by atoms with E-state index in [0.717, 1.165) is 35.8 Å². The number of halogens is 1. The number of morpholine rings is 1. The summed E-state index contributed by atoms with van der Waals surface area (Å²) in [6.07, 6.45) is 1.84. The fraction of sp³-hybridized carbons (Fsp3) is 0.207. The molecule has 3 aromatic carbocycles. The molecule has 1 aliphatic heterocycles. The van der Waals surface area contributed by atoms with Gasteiger partial charge in [-0.1, -0.05) is 90.6 Å². The third-order valence-electron chi connectivity index (χ3n) is 6.06. The summed E-state index contributed by atoms with van der Waals surface area (Å²) in [5.74, 6) is -0.238. The lowest BCUT2D eigenvalue weighted by molar-refractivity contribution is -0.0320. The van der Waals surface area contributed by atoms with Gasteiger partial charge in [0.05, 0.1) is 18.0 Å². The fourth-order valence-corrected chi connectivity index (χ4v) is 5.64. The first-order chi connectivity index (χ1) is 16.8. The van der Waals surface area contributed by atoms with Crippen LogP contribution in [0.15, 0.2) is 108 Å².